The Kier molecular flexibility index (Phi) is 5.80. The van der Waals surface area contributed by atoms with Crippen molar-refractivity contribution in [2.45, 2.75) is 55.5 Å². The van der Waals surface area contributed by atoms with E-state index < -0.39 is 0 Å². The lowest BCUT2D eigenvalue weighted by Gasteiger charge is -2.24. The zero-order chi connectivity index (χ0) is 20.4. The van der Waals surface area contributed by atoms with Gasteiger partial charge in [-0.05, 0) is 31.9 Å². The van der Waals surface area contributed by atoms with Gasteiger partial charge < -0.3 is 19.0 Å². The first-order valence-corrected chi connectivity index (χ1v) is 10.9. The SMILES string of the molecule is COc1cccc2cc(-c3nnc(SC(C)C(=O)NC4CCCCC4)n3C)oc12. The first-order valence-electron chi connectivity index (χ1n) is 10.00. The molecule has 0 spiro atoms. The average molecular weight is 415 g/mol. The molecule has 29 heavy (non-hydrogen) atoms. The van der Waals surface area contributed by atoms with Crippen LogP contribution in [0.15, 0.2) is 33.8 Å². The largest absolute Gasteiger partial charge is 0.493 e. The Morgan fingerprint density at radius 1 is 1.31 bits per heavy atom. The van der Waals surface area contributed by atoms with Gasteiger partial charge in [0.2, 0.25) is 5.91 Å². The molecule has 0 bridgehead atoms. The number of amides is 1. The molecule has 0 saturated heterocycles. The number of ether oxygens (including phenoxy) is 1. The van der Waals surface area contributed by atoms with Crippen LogP contribution in [0.2, 0.25) is 0 Å². The van der Waals surface area contributed by atoms with E-state index in [1.54, 1.807) is 7.11 Å². The van der Waals surface area contributed by atoms with Crippen LogP contribution < -0.4 is 10.1 Å². The summed E-state index contributed by atoms with van der Waals surface area (Å²) in [6.07, 6.45) is 5.81. The van der Waals surface area contributed by atoms with Crippen molar-refractivity contribution in [1.29, 1.82) is 0 Å². The third kappa shape index (κ3) is 4.12. The minimum Gasteiger partial charge on any atom is -0.493 e. The summed E-state index contributed by atoms with van der Waals surface area (Å²) < 4.78 is 13.2. The number of carbonyl (C=O) groups is 1. The van der Waals surface area contributed by atoms with Crippen LogP contribution in [0.4, 0.5) is 0 Å². The van der Waals surface area contributed by atoms with Gasteiger partial charge in [-0.25, -0.2) is 0 Å². The van der Waals surface area contributed by atoms with Crippen molar-refractivity contribution in [2.24, 2.45) is 7.05 Å². The summed E-state index contributed by atoms with van der Waals surface area (Å²) in [7, 11) is 3.50. The van der Waals surface area contributed by atoms with Crippen LogP contribution in [0, 0.1) is 0 Å². The van der Waals surface area contributed by atoms with Crippen LogP contribution in [-0.2, 0) is 11.8 Å². The highest BCUT2D eigenvalue weighted by molar-refractivity contribution is 8.00. The van der Waals surface area contributed by atoms with E-state index in [1.165, 1.54) is 31.0 Å². The molecule has 1 atom stereocenters. The summed E-state index contributed by atoms with van der Waals surface area (Å²) in [5, 5.41) is 13.1. The van der Waals surface area contributed by atoms with Crippen LogP contribution in [-0.4, -0.2) is 39.1 Å². The lowest BCUT2D eigenvalue weighted by molar-refractivity contribution is -0.121. The van der Waals surface area contributed by atoms with Crippen molar-refractivity contribution in [3.05, 3.63) is 24.3 Å². The van der Waals surface area contributed by atoms with Crippen molar-refractivity contribution in [2.75, 3.05) is 7.11 Å². The number of nitrogens with one attached hydrogen (secondary N) is 1. The van der Waals surface area contributed by atoms with Crippen LogP contribution in [0.1, 0.15) is 39.0 Å². The molecule has 1 aliphatic carbocycles. The number of hydrogen-bond acceptors (Lipinski definition) is 6. The average Bonchev–Trinajstić information content (AvgIpc) is 3.32. The molecule has 2 heterocycles. The third-order valence-corrected chi connectivity index (χ3v) is 6.52. The number of aromatic nitrogens is 3. The van der Waals surface area contributed by atoms with E-state index in [0.29, 0.717) is 34.1 Å². The zero-order valence-corrected chi connectivity index (χ0v) is 17.8. The second-order valence-corrected chi connectivity index (χ2v) is 8.77. The number of rotatable bonds is 6. The van der Waals surface area contributed by atoms with Crippen molar-refractivity contribution in [3.63, 3.8) is 0 Å². The maximum absolute atomic E-state index is 12.6. The summed E-state index contributed by atoms with van der Waals surface area (Å²) in [5.74, 6) is 1.97. The highest BCUT2D eigenvalue weighted by Gasteiger charge is 2.23. The van der Waals surface area contributed by atoms with Crippen molar-refractivity contribution in [1.82, 2.24) is 20.1 Å². The maximum atomic E-state index is 12.6. The number of fused-ring (bicyclic) bond motifs is 1. The highest BCUT2D eigenvalue weighted by Crippen LogP contribution is 2.34. The molecule has 3 aromatic rings. The Balaban J connectivity index is 1.49. The zero-order valence-electron chi connectivity index (χ0n) is 17.0. The van der Waals surface area contributed by atoms with E-state index in [0.717, 1.165) is 18.2 Å². The molecule has 154 valence electrons. The number of carbonyl (C=O) groups excluding carboxylic acids is 1. The molecular formula is C21H26N4O3S. The summed E-state index contributed by atoms with van der Waals surface area (Å²) in [6, 6.07) is 7.98. The normalized spacial score (nSPS) is 16.1. The summed E-state index contributed by atoms with van der Waals surface area (Å²) >= 11 is 1.41. The summed E-state index contributed by atoms with van der Waals surface area (Å²) in [6.45, 7) is 1.91. The second kappa shape index (κ2) is 8.49. The van der Waals surface area contributed by atoms with E-state index in [2.05, 4.69) is 15.5 Å². The monoisotopic (exact) mass is 414 g/mol. The molecule has 0 aliphatic heterocycles. The fourth-order valence-corrected chi connectivity index (χ4v) is 4.54. The van der Waals surface area contributed by atoms with Gasteiger partial charge in [-0.1, -0.05) is 43.2 Å². The maximum Gasteiger partial charge on any atom is 0.233 e. The topological polar surface area (TPSA) is 82.2 Å². The van der Waals surface area contributed by atoms with Gasteiger partial charge in [0, 0.05) is 18.5 Å². The molecule has 1 fully saturated rings. The third-order valence-electron chi connectivity index (χ3n) is 5.39. The molecule has 4 rings (SSSR count). The number of benzene rings is 1. The quantitative estimate of drug-likeness (QED) is 0.610. The predicted octanol–water partition coefficient (Wildman–Crippen LogP) is 4.17. The fourth-order valence-electron chi connectivity index (χ4n) is 3.72. The van der Waals surface area contributed by atoms with Gasteiger partial charge >= 0.3 is 0 Å². The summed E-state index contributed by atoms with van der Waals surface area (Å²) in [5.41, 5.74) is 0.683. The minimum atomic E-state index is -0.247. The number of hydrogen-bond donors (Lipinski definition) is 1. The smallest absolute Gasteiger partial charge is 0.233 e. The first-order chi connectivity index (χ1) is 14.1. The molecule has 1 aliphatic rings. The van der Waals surface area contributed by atoms with E-state index in [4.69, 9.17) is 9.15 Å². The van der Waals surface area contributed by atoms with Gasteiger partial charge in [0.25, 0.3) is 0 Å². The first kappa shape index (κ1) is 19.8. The van der Waals surface area contributed by atoms with Gasteiger partial charge in [-0.15, -0.1) is 10.2 Å². The van der Waals surface area contributed by atoms with Gasteiger partial charge in [-0.3, -0.25) is 4.79 Å². The predicted molar refractivity (Wildman–Crippen MR) is 113 cm³/mol. The lowest BCUT2D eigenvalue weighted by Crippen LogP contribution is -2.40. The minimum absolute atomic E-state index is 0.0555. The highest BCUT2D eigenvalue weighted by atomic mass is 32.2. The van der Waals surface area contributed by atoms with Crippen molar-refractivity contribution >= 4 is 28.6 Å². The Morgan fingerprint density at radius 3 is 2.86 bits per heavy atom. The standard InChI is InChI=1S/C21H26N4O3S/c1-13(20(26)22-15-9-5-4-6-10-15)29-21-24-23-19(25(21)2)17-12-14-8-7-11-16(27-3)18(14)28-17/h7-8,11-13,15H,4-6,9-10H2,1-3H3,(H,22,26). The van der Waals surface area contributed by atoms with Crippen LogP contribution in [0.5, 0.6) is 5.75 Å². The fraction of sp³-hybridized carbons (Fsp3) is 0.476. The Labute approximate surface area is 174 Å². The van der Waals surface area contributed by atoms with Crippen molar-refractivity contribution in [3.8, 4) is 17.3 Å². The Morgan fingerprint density at radius 2 is 2.10 bits per heavy atom. The molecule has 1 unspecified atom stereocenters. The Bertz CT molecular complexity index is 1010. The molecule has 1 aromatic carbocycles. The molecular weight excluding hydrogens is 388 g/mol. The molecule has 2 aromatic heterocycles. The molecule has 8 heteroatoms. The lowest BCUT2D eigenvalue weighted by atomic mass is 9.95. The van der Waals surface area contributed by atoms with Crippen LogP contribution in [0.3, 0.4) is 0 Å². The number of para-hydroxylation sites is 1. The van der Waals surface area contributed by atoms with E-state index in [-0.39, 0.29) is 11.2 Å². The van der Waals surface area contributed by atoms with Gasteiger partial charge in [0.05, 0.1) is 12.4 Å². The number of methoxy groups -OCH3 is 1. The van der Waals surface area contributed by atoms with E-state index in [1.807, 2.05) is 42.8 Å². The molecule has 1 amide bonds. The van der Waals surface area contributed by atoms with Gasteiger partial charge in [0.15, 0.2) is 28.1 Å². The Hall–Kier alpha value is -2.48. The number of furan rings is 1. The van der Waals surface area contributed by atoms with E-state index in [9.17, 15) is 4.79 Å². The second-order valence-electron chi connectivity index (χ2n) is 7.46. The van der Waals surface area contributed by atoms with E-state index >= 15 is 0 Å². The van der Waals surface area contributed by atoms with Gasteiger partial charge in [-0.2, -0.15) is 0 Å². The van der Waals surface area contributed by atoms with Crippen LogP contribution >= 0.6 is 11.8 Å². The molecule has 0 radical (unpaired) electrons. The number of nitrogens with zero attached hydrogens (tertiary/aromatic N) is 3. The van der Waals surface area contributed by atoms with Gasteiger partial charge in [0.1, 0.15) is 0 Å². The van der Waals surface area contributed by atoms with Crippen molar-refractivity contribution < 1.29 is 13.9 Å². The van der Waals surface area contributed by atoms with Crippen LogP contribution in [0.25, 0.3) is 22.6 Å². The molecule has 7 nitrogen and oxygen atoms in total. The number of thioether (sulfide) groups is 1. The summed E-state index contributed by atoms with van der Waals surface area (Å²) in [4.78, 5) is 12.6. The molecule has 1 saturated carbocycles. The molecule has 1 N–H and O–H groups in total.